The van der Waals surface area contributed by atoms with Gasteiger partial charge in [-0.05, 0) is 31.7 Å². The molecule has 2 aromatic heterocycles. The van der Waals surface area contributed by atoms with Gasteiger partial charge >= 0.3 is 0 Å². The fraction of sp³-hybridized carbons (Fsp3) is 0.619. The molecule has 6 nitrogen and oxygen atoms in total. The zero-order valence-electron chi connectivity index (χ0n) is 16.9. The van der Waals surface area contributed by atoms with E-state index in [4.69, 9.17) is 4.74 Å². The van der Waals surface area contributed by atoms with Crippen molar-refractivity contribution in [3.8, 4) is 0 Å². The summed E-state index contributed by atoms with van der Waals surface area (Å²) in [6.45, 7) is 4.84. The van der Waals surface area contributed by atoms with Crippen LogP contribution in [0.3, 0.4) is 0 Å². The van der Waals surface area contributed by atoms with Crippen LogP contribution in [-0.2, 0) is 18.8 Å². The summed E-state index contributed by atoms with van der Waals surface area (Å²) in [5.74, 6) is -0.181. The first-order valence-corrected chi connectivity index (χ1v) is 10.0. The largest absolute Gasteiger partial charge is 0.376 e. The molecule has 2 atom stereocenters. The summed E-state index contributed by atoms with van der Waals surface area (Å²) in [5, 5.41) is 3.66. The number of hydrogen-bond donors (Lipinski definition) is 1. The van der Waals surface area contributed by atoms with Crippen molar-refractivity contribution in [1.82, 2.24) is 14.5 Å². The summed E-state index contributed by atoms with van der Waals surface area (Å²) >= 11 is 0. The van der Waals surface area contributed by atoms with Crippen LogP contribution in [-0.4, -0.2) is 33.8 Å². The maximum Gasteiger partial charge on any atom is 0.260 e. The van der Waals surface area contributed by atoms with Gasteiger partial charge in [0.05, 0.1) is 28.6 Å². The molecule has 1 fully saturated rings. The van der Waals surface area contributed by atoms with E-state index in [1.54, 1.807) is 17.8 Å². The van der Waals surface area contributed by atoms with E-state index in [-0.39, 0.29) is 23.6 Å². The van der Waals surface area contributed by atoms with Gasteiger partial charge in [0.1, 0.15) is 0 Å². The predicted molar refractivity (Wildman–Crippen MR) is 107 cm³/mol. The van der Waals surface area contributed by atoms with Gasteiger partial charge in [0, 0.05) is 33.1 Å². The lowest BCUT2D eigenvalue weighted by Gasteiger charge is -2.32. The highest BCUT2D eigenvalue weighted by atomic mass is 16.5. The maximum absolute atomic E-state index is 13.1. The average molecular weight is 373 g/mol. The van der Waals surface area contributed by atoms with Crippen LogP contribution in [0.5, 0.6) is 0 Å². The first-order valence-electron chi connectivity index (χ1n) is 10.0. The number of nitrogens with zero attached hydrogens (tertiary/aromatic N) is 2. The summed E-state index contributed by atoms with van der Waals surface area (Å²) in [6.07, 6.45) is 9.91. The fourth-order valence-electron chi connectivity index (χ4n) is 4.16. The molecule has 1 aliphatic rings. The molecular weight excluding hydrogens is 342 g/mol. The van der Waals surface area contributed by atoms with Gasteiger partial charge in [0.25, 0.3) is 11.5 Å². The second-order valence-corrected chi connectivity index (χ2v) is 7.73. The van der Waals surface area contributed by atoms with Gasteiger partial charge in [0.15, 0.2) is 0 Å². The molecule has 2 heterocycles. The molecule has 1 saturated carbocycles. The van der Waals surface area contributed by atoms with Crippen LogP contribution in [0.15, 0.2) is 17.2 Å². The number of carbonyl (C=O) groups excluding carboxylic acids is 1. The molecule has 1 N–H and O–H groups in total. The van der Waals surface area contributed by atoms with Crippen molar-refractivity contribution >= 4 is 16.8 Å². The van der Waals surface area contributed by atoms with E-state index >= 15 is 0 Å². The second-order valence-electron chi connectivity index (χ2n) is 7.73. The normalized spacial score (nSPS) is 20.1. The smallest absolute Gasteiger partial charge is 0.260 e. The summed E-state index contributed by atoms with van der Waals surface area (Å²) in [7, 11) is 3.60. The molecular formula is C21H31N3O3. The van der Waals surface area contributed by atoms with Crippen molar-refractivity contribution in [2.75, 3.05) is 6.61 Å². The number of unbranched alkanes of at least 4 members (excludes halogenated alkanes) is 1. The number of nitrogens with one attached hydrogen (secondary N) is 1. The minimum Gasteiger partial charge on any atom is -0.376 e. The number of hydrogen-bond acceptors (Lipinski definition) is 3. The third-order valence-electron chi connectivity index (χ3n) is 5.57. The van der Waals surface area contributed by atoms with Crippen LogP contribution >= 0.6 is 0 Å². The van der Waals surface area contributed by atoms with Crippen LogP contribution in [0.2, 0.25) is 0 Å². The highest BCUT2D eigenvalue weighted by Crippen LogP contribution is 2.24. The number of fused-ring (bicyclic) bond motifs is 1. The molecule has 1 aliphatic carbocycles. The molecule has 0 aliphatic heterocycles. The number of carbonyl (C=O) groups is 1. The van der Waals surface area contributed by atoms with Crippen molar-refractivity contribution in [2.24, 2.45) is 14.1 Å². The first-order chi connectivity index (χ1) is 12.9. The van der Waals surface area contributed by atoms with E-state index in [1.807, 2.05) is 24.7 Å². The Labute approximate surface area is 160 Å². The summed E-state index contributed by atoms with van der Waals surface area (Å²) in [5.41, 5.74) is 2.12. The van der Waals surface area contributed by atoms with E-state index in [9.17, 15) is 9.59 Å². The van der Waals surface area contributed by atoms with Crippen molar-refractivity contribution in [1.29, 1.82) is 0 Å². The van der Waals surface area contributed by atoms with E-state index in [2.05, 4.69) is 12.2 Å². The van der Waals surface area contributed by atoms with Gasteiger partial charge < -0.3 is 19.2 Å². The lowest BCUT2D eigenvalue weighted by atomic mass is 9.92. The lowest BCUT2D eigenvalue weighted by Crippen LogP contribution is -2.46. The Morgan fingerprint density at radius 1 is 1.22 bits per heavy atom. The Morgan fingerprint density at radius 2 is 1.96 bits per heavy atom. The zero-order valence-corrected chi connectivity index (χ0v) is 16.9. The van der Waals surface area contributed by atoms with Crippen LogP contribution in [0.25, 0.3) is 10.9 Å². The van der Waals surface area contributed by atoms with Gasteiger partial charge in [-0.1, -0.05) is 26.2 Å². The molecule has 1 amide bonds. The van der Waals surface area contributed by atoms with Crippen LogP contribution in [0.4, 0.5) is 0 Å². The molecule has 2 aromatic rings. The minimum atomic E-state index is -0.181. The number of ether oxygens (including phenoxy) is 1. The number of pyridine rings is 1. The summed E-state index contributed by atoms with van der Waals surface area (Å²) in [4.78, 5) is 25.8. The zero-order chi connectivity index (χ0) is 19.6. The lowest BCUT2D eigenvalue weighted by molar-refractivity contribution is 0.00442. The van der Waals surface area contributed by atoms with Gasteiger partial charge in [-0.25, -0.2) is 0 Å². The Kier molecular flexibility index (Phi) is 6.05. The Morgan fingerprint density at radius 3 is 2.70 bits per heavy atom. The van der Waals surface area contributed by atoms with Gasteiger partial charge in [-0.15, -0.1) is 0 Å². The molecule has 3 rings (SSSR count). The van der Waals surface area contributed by atoms with Gasteiger partial charge in [0.2, 0.25) is 0 Å². The first kappa shape index (κ1) is 19.7. The molecule has 0 unspecified atom stereocenters. The monoisotopic (exact) mass is 373 g/mol. The molecule has 0 saturated heterocycles. The quantitative estimate of drug-likeness (QED) is 0.792. The standard InChI is InChI=1S/C21H31N3O3/c1-5-6-11-27-17-10-8-7-9-16(17)22-20(25)15-13-23(3)19-14(2)12-24(4)21(26)18(15)19/h12-13,16-17H,5-11H2,1-4H3,(H,22,25)/t16-,17+/m0/s1. The van der Waals surface area contributed by atoms with Crippen molar-refractivity contribution in [2.45, 2.75) is 64.5 Å². The minimum absolute atomic E-state index is 0.00650. The van der Waals surface area contributed by atoms with Crippen molar-refractivity contribution < 1.29 is 9.53 Å². The molecule has 148 valence electrons. The molecule has 27 heavy (non-hydrogen) atoms. The Hall–Kier alpha value is -2.08. The van der Waals surface area contributed by atoms with E-state index < -0.39 is 0 Å². The van der Waals surface area contributed by atoms with Crippen molar-refractivity contribution in [3.05, 3.63) is 33.9 Å². The number of amides is 1. The summed E-state index contributed by atoms with van der Waals surface area (Å²) < 4.78 is 9.46. The molecule has 0 aromatic carbocycles. The number of aromatic nitrogens is 2. The number of aryl methyl sites for hydroxylation is 3. The summed E-state index contributed by atoms with van der Waals surface area (Å²) in [6, 6.07) is 0.00650. The van der Waals surface area contributed by atoms with Crippen LogP contribution in [0.1, 0.15) is 61.4 Å². The Bertz CT molecular complexity index is 881. The second kappa shape index (κ2) is 8.30. The molecule has 0 bridgehead atoms. The van der Waals surface area contributed by atoms with E-state index in [0.29, 0.717) is 10.9 Å². The van der Waals surface area contributed by atoms with Crippen LogP contribution < -0.4 is 10.9 Å². The van der Waals surface area contributed by atoms with Gasteiger partial charge in [-0.2, -0.15) is 0 Å². The molecule has 0 radical (unpaired) electrons. The topological polar surface area (TPSA) is 65.3 Å². The predicted octanol–water partition coefficient (Wildman–Crippen LogP) is 3.04. The third kappa shape index (κ3) is 3.95. The SMILES string of the molecule is CCCCO[C@@H]1CCCC[C@@H]1NC(=O)c1cn(C)c2c(C)cn(C)c(=O)c12. The van der Waals surface area contributed by atoms with E-state index in [0.717, 1.165) is 56.2 Å². The van der Waals surface area contributed by atoms with E-state index in [1.165, 1.54) is 0 Å². The highest BCUT2D eigenvalue weighted by Gasteiger charge is 2.29. The van der Waals surface area contributed by atoms with Crippen molar-refractivity contribution in [3.63, 3.8) is 0 Å². The third-order valence-corrected chi connectivity index (χ3v) is 5.57. The highest BCUT2D eigenvalue weighted by molar-refractivity contribution is 6.07. The number of rotatable bonds is 6. The van der Waals surface area contributed by atoms with Gasteiger partial charge in [-0.3, -0.25) is 9.59 Å². The maximum atomic E-state index is 13.1. The fourth-order valence-corrected chi connectivity index (χ4v) is 4.16. The average Bonchev–Trinajstić information content (AvgIpc) is 2.99. The molecule has 6 heteroatoms. The van der Waals surface area contributed by atoms with Crippen LogP contribution in [0, 0.1) is 6.92 Å². The molecule has 0 spiro atoms. The Balaban J connectivity index is 1.86.